The molecule has 0 unspecified atom stereocenters. The normalized spacial score (nSPS) is 11.4. The van der Waals surface area contributed by atoms with Crippen molar-refractivity contribution in [1.82, 2.24) is 4.98 Å². The van der Waals surface area contributed by atoms with Crippen molar-refractivity contribution in [2.24, 2.45) is 4.99 Å². The van der Waals surface area contributed by atoms with Crippen LogP contribution in [0.3, 0.4) is 0 Å². The summed E-state index contributed by atoms with van der Waals surface area (Å²) in [5.74, 6) is 0. The topological polar surface area (TPSA) is 45.2 Å². The van der Waals surface area contributed by atoms with Crippen LogP contribution in [0.25, 0.3) is 10.9 Å². The van der Waals surface area contributed by atoms with Gasteiger partial charge in [-0.25, -0.2) is 4.79 Å². The average molecular weight is 214 g/mol. The number of aromatic nitrogens is 1. The lowest BCUT2D eigenvalue weighted by atomic mass is 9.95. The van der Waals surface area contributed by atoms with E-state index in [9.17, 15) is 4.79 Å². The molecule has 0 radical (unpaired) electrons. The largest absolute Gasteiger partial charge is 0.361 e. The van der Waals surface area contributed by atoms with E-state index in [2.05, 4.69) is 16.0 Å². The number of nitrogens with zero attached hydrogens (tertiary/aromatic N) is 1. The van der Waals surface area contributed by atoms with Gasteiger partial charge in [-0.2, -0.15) is 4.99 Å². The van der Waals surface area contributed by atoms with E-state index in [0.717, 1.165) is 11.9 Å². The molecular formula is C13H14N2O. The van der Waals surface area contributed by atoms with E-state index in [-0.39, 0.29) is 0 Å². The van der Waals surface area contributed by atoms with E-state index in [1.165, 1.54) is 10.9 Å². The predicted molar refractivity (Wildman–Crippen MR) is 64.2 cm³/mol. The van der Waals surface area contributed by atoms with E-state index in [1.54, 1.807) is 6.08 Å². The monoisotopic (exact) mass is 214 g/mol. The van der Waals surface area contributed by atoms with Crippen molar-refractivity contribution in [3.63, 3.8) is 0 Å². The van der Waals surface area contributed by atoms with E-state index >= 15 is 0 Å². The summed E-state index contributed by atoms with van der Waals surface area (Å²) in [6, 6.07) is 8.11. The molecule has 0 aliphatic heterocycles. The molecule has 0 saturated carbocycles. The standard InChI is InChI=1S/C13H14N2O/c1-13(2,15-9-16)7-10-8-14-12-6-4-3-5-11(10)12/h3-6,8,14H,7H2,1-2H3. The molecule has 0 fully saturated rings. The molecule has 0 atom stereocenters. The first-order valence-corrected chi connectivity index (χ1v) is 5.26. The number of aromatic amines is 1. The molecule has 0 aliphatic carbocycles. The van der Waals surface area contributed by atoms with Gasteiger partial charge in [-0.3, -0.25) is 0 Å². The van der Waals surface area contributed by atoms with Gasteiger partial charge in [0, 0.05) is 23.5 Å². The molecule has 0 spiro atoms. The molecular weight excluding hydrogens is 200 g/mol. The maximum absolute atomic E-state index is 10.3. The molecule has 0 bridgehead atoms. The van der Waals surface area contributed by atoms with Gasteiger partial charge < -0.3 is 4.98 Å². The Labute approximate surface area is 94.2 Å². The Bertz CT molecular complexity index is 548. The van der Waals surface area contributed by atoms with Gasteiger partial charge in [0.15, 0.2) is 0 Å². The third-order valence-electron chi connectivity index (χ3n) is 2.65. The minimum absolute atomic E-state index is 0.396. The lowest BCUT2D eigenvalue weighted by Crippen LogP contribution is -2.19. The second kappa shape index (κ2) is 3.95. The molecule has 0 aliphatic rings. The molecule has 0 saturated heterocycles. The maximum atomic E-state index is 10.3. The molecule has 16 heavy (non-hydrogen) atoms. The smallest absolute Gasteiger partial charge is 0.235 e. The van der Waals surface area contributed by atoms with Crippen molar-refractivity contribution in [3.8, 4) is 0 Å². The van der Waals surface area contributed by atoms with E-state index in [4.69, 9.17) is 0 Å². The van der Waals surface area contributed by atoms with Gasteiger partial charge in [0.25, 0.3) is 0 Å². The van der Waals surface area contributed by atoms with Crippen LogP contribution in [-0.2, 0) is 11.2 Å². The molecule has 2 aromatic rings. The molecule has 1 aromatic carbocycles. The Balaban J connectivity index is 2.38. The van der Waals surface area contributed by atoms with Crippen molar-refractivity contribution in [1.29, 1.82) is 0 Å². The number of H-pyrrole nitrogens is 1. The fourth-order valence-corrected chi connectivity index (χ4v) is 1.91. The number of para-hydroxylation sites is 1. The summed E-state index contributed by atoms with van der Waals surface area (Å²) < 4.78 is 0. The van der Waals surface area contributed by atoms with Crippen LogP contribution in [0.1, 0.15) is 19.4 Å². The van der Waals surface area contributed by atoms with Crippen LogP contribution < -0.4 is 0 Å². The zero-order valence-corrected chi connectivity index (χ0v) is 9.45. The molecule has 2 rings (SSSR count). The van der Waals surface area contributed by atoms with E-state index < -0.39 is 5.54 Å². The summed E-state index contributed by atoms with van der Waals surface area (Å²) in [5.41, 5.74) is 1.90. The molecule has 1 aromatic heterocycles. The number of carbonyl (C=O) groups excluding carboxylic acids is 1. The number of hydrogen-bond acceptors (Lipinski definition) is 2. The number of fused-ring (bicyclic) bond motifs is 1. The average Bonchev–Trinajstić information content (AvgIpc) is 2.61. The highest BCUT2D eigenvalue weighted by atomic mass is 16.1. The summed E-state index contributed by atoms with van der Waals surface area (Å²) in [6.07, 6.45) is 4.34. The Morgan fingerprint density at radius 1 is 1.38 bits per heavy atom. The maximum Gasteiger partial charge on any atom is 0.235 e. The SMILES string of the molecule is CC(C)(Cc1c[nH]c2ccccc12)N=C=O. The first-order chi connectivity index (χ1) is 7.62. The number of hydrogen-bond donors (Lipinski definition) is 1. The van der Waals surface area contributed by atoms with Crippen molar-refractivity contribution >= 4 is 17.0 Å². The van der Waals surface area contributed by atoms with Crippen LogP contribution in [-0.4, -0.2) is 16.6 Å². The molecule has 82 valence electrons. The van der Waals surface area contributed by atoms with Crippen molar-refractivity contribution in [3.05, 3.63) is 36.0 Å². The van der Waals surface area contributed by atoms with Gasteiger partial charge in [0.2, 0.25) is 6.08 Å². The molecule has 3 nitrogen and oxygen atoms in total. The van der Waals surface area contributed by atoms with Gasteiger partial charge in [0.05, 0.1) is 5.54 Å². The summed E-state index contributed by atoms with van der Waals surface area (Å²) >= 11 is 0. The second-order valence-electron chi connectivity index (χ2n) is 4.55. The number of aliphatic imine (C=N–C) groups is 1. The fourth-order valence-electron chi connectivity index (χ4n) is 1.91. The van der Waals surface area contributed by atoms with Crippen LogP contribution in [0.5, 0.6) is 0 Å². The van der Waals surface area contributed by atoms with Crippen LogP contribution >= 0.6 is 0 Å². The zero-order chi connectivity index (χ0) is 11.6. The van der Waals surface area contributed by atoms with Gasteiger partial charge >= 0.3 is 0 Å². The zero-order valence-electron chi connectivity index (χ0n) is 9.45. The highest BCUT2D eigenvalue weighted by Gasteiger charge is 2.18. The molecule has 0 amide bonds. The van der Waals surface area contributed by atoms with Gasteiger partial charge in [-0.1, -0.05) is 18.2 Å². The fraction of sp³-hybridized carbons (Fsp3) is 0.308. The molecule has 1 N–H and O–H groups in total. The van der Waals surface area contributed by atoms with Crippen molar-refractivity contribution in [2.75, 3.05) is 0 Å². The third kappa shape index (κ3) is 2.05. The number of rotatable bonds is 3. The summed E-state index contributed by atoms with van der Waals surface area (Å²) in [7, 11) is 0. The molecule has 1 heterocycles. The summed E-state index contributed by atoms with van der Waals surface area (Å²) in [5, 5.41) is 1.19. The first-order valence-electron chi connectivity index (χ1n) is 5.26. The second-order valence-corrected chi connectivity index (χ2v) is 4.55. The van der Waals surface area contributed by atoms with Gasteiger partial charge in [-0.15, -0.1) is 0 Å². The Morgan fingerprint density at radius 3 is 2.88 bits per heavy atom. The third-order valence-corrected chi connectivity index (χ3v) is 2.65. The highest BCUT2D eigenvalue weighted by molar-refractivity contribution is 5.83. The quantitative estimate of drug-likeness (QED) is 0.619. The minimum atomic E-state index is -0.396. The molecule has 3 heteroatoms. The lowest BCUT2D eigenvalue weighted by molar-refractivity contribution is 0.502. The Morgan fingerprint density at radius 2 is 2.12 bits per heavy atom. The summed E-state index contributed by atoms with van der Waals surface area (Å²) in [6.45, 7) is 3.86. The Kier molecular flexibility index (Phi) is 2.63. The van der Waals surface area contributed by atoms with Crippen molar-refractivity contribution < 1.29 is 4.79 Å². The van der Waals surface area contributed by atoms with E-state index in [1.807, 2.05) is 38.2 Å². The highest BCUT2D eigenvalue weighted by Crippen LogP contribution is 2.23. The van der Waals surface area contributed by atoms with Crippen LogP contribution in [0.2, 0.25) is 0 Å². The van der Waals surface area contributed by atoms with Crippen LogP contribution in [0, 0.1) is 0 Å². The number of nitrogens with one attached hydrogen (secondary N) is 1. The van der Waals surface area contributed by atoms with Gasteiger partial charge in [0.1, 0.15) is 0 Å². The Hall–Kier alpha value is -1.86. The summed E-state index contributed by atoms with van der Waals surface area (Å²) in [4.78, 5) is 17.3. The van der Waals surface area contributed by atoms with Gasteiger partial charge in [-0.05, 0) is 25.5 Å². The lowest BCUT2D eigenvalue weighted by Gasteiger charge is -2.16. The predicted octanol–water partition coefficient (Wildman–Crippen LogP) is 2.82. The number of benzene rings is 1. The van der Waals surface area contributed by atoms with E-state index in [0.29, 0.717) is 0 Å². The van der Waals surface area contributed by atoms with Crippen LogP contribution in [0.15, 0.2) is 35.5 Å². The van der Waals surface area contributed by atoms with Crippen LogP contribution in [0.4, 0.5) is 0 Å². The first kappa shape index (κ1) is 10.7. The number of isocyanates is 1. The van der Waals surface area contributed by atoms with Crippen molar-refractivity contribution in [2.45, 2.75) is 25.8 Å². The minimum Gasteiger partial charge on any atom is -0.361 e.